The van der Waals surface area contributed by atoms with Crippen LogP contribution in [0.15, 0.2) is 83.9 Å². The van der Waals surface area contributed by atoms with Crippen LogP contribution >= 0.6 is 0 Å². The molecule has 158 valence electrons. The van der Waals surface area contributed by atoms with E-state index in [0.29, 0.717) is 31.2 Å². The fourth-order valence-corrected chi connectivity index (χ4v) is 3.28. The number of nitrogens with two attached hydrogens (primary N) is 1. The average molecular weight is 416 g/mol. The van der Waals surface area contributed by atoms with Crippen LogP contribution in [0.3, 0.4) is 0 Å². The highest BCUT2D eigenvalue weighted by atomic mass is 16.5. The summed E-state index contributed by atoms with van der Waals surface area (Å²) >= 11 is 0. The average Bonchev–Trinajstić information content (AvgIpc) is 2.79. The Morgan fingerprint density at radius 1 is 1.03 bits per heavy atom. The van der Waals surface area contributed by atoms with Gasteiger partial charge in [0.25, 0.3) is 5.91 Å². The molecule has 0 unspecified atom stereocenters. The lowest BCUT2D eigenvalue weighted by Gasteiger charge is -2.29. The molecule has 4 rings (SSSR count). The second kappa shape index (κ2) is 9.67. The largest absolute Gasteiger partial charge is 0.482 e. The Balaban J connectivity index is 1.30. The van der Waals surface area contributed by atoms with Crippen LogP contribution in [0.25, 0.3) is 0 Å². The molecule has 1 aliphatic heterocycles. The fourth-order valence-electron chi connectivity index (χ4n) is 3.28. The molecule has 0 bridgehead atoms. The Labute approximate surface area is 181 Å². The maximum atomic E-state index is 12.2. The molecule has 1 aliphatic rings. The molecule has 31 heavy (non-hydrogen) atoms. The van der Waals surface area contributed by atoms with E-state index in [-0.39, 0.29) is 12.5 Å². The molecule has 0 spiro atoms. The van der Waals surface area contributed by atoms with Crippen molar-refractivity contribution in [3.63, 3.8) is 0 Å². The Morgan fingerprint density at radius 2 is 1.81 bits per heavy atom. The van der Waals surface area contributed by atoms with Gasteiger partial charge in [0, 0.05) is 24.8 Å². The molecular weight excluding hydrogens is 392 g/mol. The Bertz CT molecular complexity index is 1070. The number of hydrogen-bond donors (Lipinski definition) is 2. The number of rotatable bonds is 7. The monoisotopic (exact) mass is 416 g/mol. The van der Waals surface area contributed by atoms with Gasteiger partial charge in [0.1, 0.15) is 17.2 Å². The number of anilines is 2. The zero-order valence-corrected chi connectivity index (χ0v) is 17.0. The zero-order valence-electron chi connectivity index (χ0n) is 17.0. The summed E-state index contributed by atoms with van der Waals surface area (Å²) in [5.41, 5.74) is 7.61. The second-order valence-electron chi connectivity index (χ2n) is 6.99. The van der Waals surface area contributed by atoms with Crippen molar-refractivity contribution in [2.24, 2.45) is 10.7 Å². The fraction of sp³-hybridized carbons (Fsp3) is 0.167. The molecule has 0 saturated carbocycles. The quantitative estimate of drug-likeness (QED) is 0.345. The molecule has 0 aromatic heterocycles. The van der Waals surface area contributed by atoms with Crippen molar-refractivity contribution < 1.29 is 14.3 Å². The van der Waals surface area contributed by atoms with Gasteiger partial charge in [-0.3, -0.25) is 9.79 Å². The number of fused-ring (bicyclic) bond motifs is 1. The number of nitrogens with zero attached hydrogens (tertiary/aromatic N) is 2. The summed E-state index contributed by atoms with van der Waals surface area (Å²) in [5, 5.41) is 3.08. The van der Waals surface area contributed by atoms with Crippen LogP contribution in [0.2, 0.25) is 0 Å². The summed E-state index contributed by atoms with van der Waals surface area (Å²) in [6, 6.07) is 24.6. The van der Waals surface area contributed by atoms with Crippen molar-refractivity contribution in [1.82, 2.24) is 0 Å². The molecule has 3 aromatic carbocycles. The van der Waals surface area contributed by atoms with Gasteiger partial charge in [-0.1, -0.05) is 36.4 Å². The summed E-state index contributed by atoms with van der Waals surface area (Å²) in [5.74, 6) is 2.45. The minimum absolute atomic E-state index is 0.0518. The minimum Gasteiger partial charge on any atom is -0.482 e. The van der Waals surface area contributed by atoms with Crippen LogP contribution in [-0.2, 0) is 4.79 Å². The van der Waals surface area contributed by atoms with Gasteiger partial charge in [-0.2, -0.15) is 0 Å². The number of ether oxygens (including phenoxy) is 2. The van der Waals surface area contributed by atoms with Crippen molar-refractivity contribution in [3.05, 3.63) is 78.9 Å². The van der Waals surface area contributed by atoms with Crippen LogP contribution in [0.5, 0.6) is 17.2 Å². The second-order valence-corrected chi connectivity index (χ2v) is 6.99. The van der Waals surface area contributed by atoms with E-state index in [1.54, 1.807) is 4.90 Å². The molecule has 0 aliphatic carbocycles. The Hall–Kier alpha value is -4.00. The number of amides is 1. The first-order chi connectivity index (χ1) is 15.2. The summed E-state index contributed by atoms with van der Waals surface area (Å²) < 4.78 is 11.3. The zero-order chi connectivity index (χ0) is 21.5. The van der Waals surface area contributed by atoms with E-state index in [0.717, 1.165) is 22.9 Å². The van der Waals surface area contributed by atoms with Crippen molar-refractivity contribution in [3.8, 4) is 17.2 Å². The number of aliphatic imine (C=N–C) groups is 1. The molecule has 0 saturated heterocycles. The normalized spacial score (nSPS) is 13.4. The number of carbonyl (C=O) groups is 1. The smallest absolute Gasteiger partial charge is 0.265 e. The first-order valence-corrected chi connectivity index (χ1v) is 10.1. The number of benzene rings is 3. The van der Waals surface area contributed by atoms with Crippen molar-refractivity contribution >= 4 is 23.2 Å². The number of guanidine groups is 1. The molecule has 0 atom stereocenters. The number of hydrogen-bond acceptors (Lipinski definition) is 4. The number of para-hydroxylation sites is 3. The maximum absolute atomic E-state index is 12.2. The van der Waals surface area contributed by atoms with E-state index < -0.39 is 0 Å². The van der Waals surface area contributed by atoms with Gasteiger partial charge in [0.2, 0.25) is 0 Å². The standard InChI is InChI=1S/C24H24N4O3/c25-24(27-18-8-6-11-20(16-18)31-19-9-2-1-3-10-19)26-14-7-15-28-21-12-4-5-13-22(21)30-17-23(28)29/h1-6,8-13,16H,7,14-15,17H2,(H3,25,26,27). The first kappa shape index (κ1) is 20.3. The Kier molecular flexibility index (Phi) is 6.32. The summed E-state index contributed by atoms with van der Waals surface area (Å²) in [4.78, 5) is 18.3. The van der Waals surface area contributed by atoms with Gasteiger partial charge >= 0.3 is 0 Å². The molecule has 7 nitrogen and oxygen atoms in total. The SMILES string of the molecule is NC(=NCCCN1C(=O)COc2ccccc21)Nc1cccc(Oc2ccccc2)c1. The Morgan fingerprint density at radius 3 is 2.68 bits per heavy atom. The highest BCUT2D eigenvalue weighted by Crippen LogP contribution is 2.31. The molecule has 0 fully saturated rings. The van der Waals surface area contributed by atoms with Crippen molar-refractivity contribution in [2.45, 2.75) is 6.42 Å². The number of carbonyl (C=O) groups excluding carboxylic acids is 1. The maximum Gasteiger partial charge on any atom is 0.265 e. The highest BCUT2D eigenvalue weighted by molar-refractivity contribution is 5.97. The molecular formula is C24H24N4O3. The summed E-state index contributed by atoms with van der Waals surface area (Å²) in [7, 11) is 0. The number of nitrogens with one attached hydrogen (secondary N) is 1. The van der Waals surface area contributed by atoms with E-state index in [1.807, 2.05) is 78.9 Å². The molecule has 1 heterocycles. The van der Waals surface area contributed by atoms with Crippen molar-refractivity contribution in [1.29, 1.82) is 0 Å². The summed E-state index contributed by atoms with van der Waals surface area (Å²) in [6.07, 6.45) is 0.680. The van der Waals surface area contributed by atoms with Crippen molar-refractivity contribution in [2.75, 3.05) is 29.9 Å². The highest BCUT2D eigenvalue weighted by Gasteiger charge is 2.24. The predicted molar refractivity (Wildman–Crippen MR) is 122 cm³/mol. The lowest BCUT2D eigenvalue weighted by molar-refractivity contribution is -0.121. The summed E-state index contributed by atoms with van der Waals surface area (Å²) in [6.45, 7) is 1.10. The van der Waals surface area contributed by atoms with E-state index in [9.17, 15) is 4.79 Å². The van der Waals surface area contributed by atoms with Gasteiger partial charge in [-0.25, -0.2) is 0 Å². The lowest BCUT2D eigenvalue weighted by Crippen LogP contribution is -2.39. The molecule has 3 N–H and O–H groups in total. The molecule has 7 heteroatoms. The van der Waals surface area contributed by atoms with Gasteiger partial charge in [-0.15, -0.1) is 0 Å². The van der Waals surface area contributed by atoms with Crippen LogP contribution in [-0.4, -0.2) is 31.6 Å². The third-order valence-electron chi connectivity index (χ3n) is 4.72. The van der Waals surface area contributed by atoms with Crippen LogP contribution in [0.1, 0.15) is 6.42 Å². The third-order valence-corrected chi connectivity index (χ3v) is 4.72. The first-order valence-electron chi connectivity index (χ1n) is 10.1. The van der Waals surface area contributed by atoms with Gasteiger partial charge in [0.05, 0.1) is 5.69 Å². The van der Waals surface area contributed by atoms with E-state index in [4.69, 9.17) is 15.2 Å². The molecule has 3 aromatic rings. The molecule has 1 amide bonds. The van der Waals surface area contributed by atoms with E-state index in [1.165, 1.54) is 0 Å². The topological polar surface area (TPSA) is 89.2 Å². The van der Waals surface area contributed by atoms with Gasteiger partial charge < -0.3 is 25.4 Å². The van der Waals surface area contributed by atoms with Gasteiger partial charge in [-0.05, 0) is 42.8 Å². The van der Waals surface area contributed by atoms with Crippen LogP contribution < -0.4 is 25.4 Å². The third kappa shape index (κ3) is 5.33. The van der Waals surface area contributed by atoms with E-state index >= 15 is 0 Å². The van der Waals surface area contributed by atoms with E-state index in [2.05, 4.69) is 10.3 Å². The minimum atomic E-state index is -0.0518. The predicted octanol–water partition coefficient (Wildman–Crippen LogP) is 4.02. The lowest BCUT2D eigenvalue weighted by atomic mass is 10.2. The van der Waals surface area contributed by atoms with Crippen LogP contribution in [0.4, 0.5) is 11.4 Å². The van der Waals surface area contributed by atoms with Gasteiger partial charge in [0.15, 0.2) is 12.6 Å². The van der Waals surface area contributed by atoms with Crippen LogP contribution in [0, 0.1) is 0 Å². The molecule has 0 radical (unpaired) electrons.